The van der Waals surface area contributed by atoms with Crippen molar-refractivity contribution >= 4 is 22.1 Å². The summed E-state index contributed by atoms with van der Waals surface area (Å²) < 4.78 is 54.2. The van der Waals surface area contributed by atoms with Crippen LogP contribution in [0, 0.1) is 0 Å². The molecule has 0 bridgehead atoms. The zero-order chi connectivity index (χ0) is 46.9. The Kier molecular flexibility index (Phi) is 39.2. The molecule has 0 spiro atoms. The van der Waals surface area contributed by atoms with E-state index >= 15 is 0 Å². The molecule has 4 N–H and O–H groups in total. The van der Waals surface area contributed by atoms with Gasteiger partial charge < -0.3 is 34.3 Å². The fraction of sp³-hybridized carbons (Fsp3) is 0.922. The van der Waals surface area contributed by atoms with Crippen LogP contribution in [0.3, 0.4) is 0 Å². The predicted octanol–water partition coefficient (Wildman–Crippen LogP) is 11.8. The largest absolute Gasteiger partial charge is 0.462 e. The number of hydrogen-bond acceptors (Lipinski definition) is 11. The monoisotopic (exact) mass is 933 g/mol. The number of carbonyl (C=O) groups excluding carboxylic acids is 2. The Balaban J connectivity index is 2.34. The van der Waals surface area contributed by atoms with Crippen molar-refractivity contribution in [3.05, 3.63) is 12.2 Å². The van der Waals surface area contributed by atoms with E-state index in [4.69, 9.17) is 18.9 Å². The molecule has 2 unspecified atom stereocenters. The van der Waals surface area contributed by atoms with Crippen molar-refractivity contribution in [2.75, 3.05) is 19.0 Å². The SMILES string of the molecule is CCCCCCCCCCCCCCCCCCCC/C=C/CCCC(=O)O[C@H](COC(=O)CCCCCCCCCCCCCCC)CO[C@H]1O[C@H](CS(=O)(=O)O)[C@@H](O)C(O)C1O. The van der Waals surface area contributed by atoms with Crippen LogP contribution in [0.5, 0.6) is 0 Å². The Hall–Kier alpha value is -1.61. The Morgan fingerprint density at radius 1 is 0.516 bits per heavy atom. The molecular formula is C51H96O12S. The van der Waals surface area contributed by atoms with Gasteiger partial charge >= 0.3 is 11.9 Å². The van der Waals surface area contributed by atoms with Gasteiger partial charge in [0.2, 0.25) is 0 Å². The third-order valence-electron chi connectivity index (χ3n) is 12.3. The molecule has 0 aromatic rings. The molecule has 13 heteroatoms. The quantitative estimate of drug-likeness (QED) is 0.0196. The predicted molar refractivity (Wildman–Crippen MR) is 257 cm³/mol. The minimum atomic E-state index is -4.60. The third-order valence-corrected chi connectivity index (χ3v) is 13.1. The van der Waals surface area contributed by atoms with E-state index in [0.717, 1.165) is 32.1 Å². The van der Waals surface area contributed by atoms with Crippen LogP contribution in [-0.4, -0.2) is 96.0 Å². The van der Waals surface area contributed by atoms with Crippen LogP contribution < -0.4 is 0 Å². The summed E-state index contributed by atoms with van der Waals surface area (Å²) in [6.07, 6.45) is 37.0. The van der Waals surface area contributed by atoms with E-state index in [1.54, 1.807) is 0 Å². The highest BCUT2D eigenvalue weighted by molar-refractivity contribution is 7.85. The number of rotatable bonds is 45. The lowest BCUT2D eigenvalue weighted by Crippen LogP contribution is -2.60. The molecule has 12 nitrogen and oxygen atoms in total. The zero-order valence-corrected chi connectivity index (χ0v) is 41.5. The Bertz CT molecular complexity index is 1230. The molecule has 1 fully saturated rings. The molecule has 378 valence electrons. The van der Waals surface area contributed by atoms with E-state index in [0.29, 0.717) is 19.3 Å². The fourth-order valence-corrected chi connectivity index (χ4v) is 8.96. The maximum Gasteiger partial charge on any atom is 0.306 e. The summed E-state index contributed by atoms with van der Waals surface area (Å²) in [5.74, 6) is -2.01. The van der Waals surface area contributed by atoms with Crippen molar-refractivity contribution < 1.29 is 56.8 Å². The van der Waals surface area contributed by atoms with Gasteiger partial charge in [-0.3, -0.25) is 14.1 Å². The van der Waals surface area contributed by atoms with Gasteiger partial charge in [0.05, 0.1) is 6.61 Å². The molecule has 0 saturated carbocycles. The van der Waals surface area contributed by atoms with Crippen LogP contribution in [0.2, 0.25) is 0 Å². The standard InChI is InChI=1S/C51H96O12S/c1-3-5-7-9-11-13-15-17-18-19-20-21-22-23-24-25-26-28-30-32-34-36-38-40-47(53)62-44(42-61-51-50(56)49(55)48(54)45(63-51)43-64(57,58)59)41-60-46(52)39-37-35-33-31-29-27-16-14-12-10-8-6-4-2/h32,34,44-45,48-51,54-56H,3-31,33,35-43H2,1-2H3,(H,57,58,59)/b34-32+/t44-,45-,48-,49?,50?,51+/m1/s1. The number of aliphatic hydroxyl groups is 3. The van der Waals surface area contributed by atoms with Crippen molar-refractivity contribution in [2.24, 2.45) is 0 Å². The fourth-order valence-electron chi connectivity index (χ4n) is 8.27. The van der Waals surface area contributed by atoms with Gasteiger partial charge in [0.25, 0.3) is 10.1 Å². The lowest BCUT2D eigenvalue weighted by atomic mass is 10.00. The van der Waals surface area contributed by atoms with Gasteiger partial charge in [0.1, 0.15) is 36.8 Å². The van der Waals surface area contributed by atoms with Crippen molar-refractivity contribution in [1.82, 2.24) is 0 Å². The van der Waals surface area contributed by atoms with Gasteiger partial charge in [0.15, 0.2) is 12.4 Å². The van der Waals surface area contributed by atoms with Gasteiger partial charge in [-0.25, -0.2) is 0 Å². The zero-order valence-electron chi connectivity index (χ0n) is 40.7. The first-order valence-corrected chi connectivity index (χ1v) is 27.9. The second-order valence-corrected chi connectivity index (χ2v) is 20.0. The van der Waals surface area contributed by atoms with Crippen LogP contribution in [0.15, 0.2) is 12.2 Å². The molecule has 0 radical (unpaired) electrons. The van der Waals surface area contributed by atoms with Gasteiger partial charge in [-0.15, -0.1) is 0 Å². The first kappa shape index (κ1) is 60.4. The van der Waals surface area contributed by atoms with Crippen molar-refractivity contribution in [1.29, 1.82) is 0 Å². The van der Waals surface area contributed by atoms with Gasteiger partial charge in [-0.1, -0.05) is 212 Å². The van der Waals surface area contributed by atoms with Crippen LogP contribution in [-0.2, 0) is 38.7 Å². The normalized spacial score (nSPS) is 19.6. The van der Waals surface area contributed by atoms with Gasteiger partial charge in [-0.05, 0) is 32.1 Å². The lowest BCUT2D eigenvalue weighted by Gasteiger charge is -2.40. The maximum atomic E-state index is 12.9. The molecule has 1 rings (SSSR count). The minimum absolute atomic E-state index is 0.122. The molecule has 6 atom stereocenters. The smallest absolute Gasteiger partial charge is 0.306 e. The minimum Gasteiger partial charge on any atom is -0.462 e. The number of ether oxygens (including phenoxy) is 4. The number of carbonyl (C=O) groups is 2. The highest BCUT2D eigenvalue weighted by Crippen LogP contribution is 2.24. The van der Waals surface area contributed by atoms with E-state index in [9.17, 15) is 37.9 Å². The molecule has 1 saturated heterocycles. The lowest BCUT2D eigenvalue weighted by molar-refractivity contribution is -0.297. The number of aliphatic hydroxyl groups excluding tert-OH is 3. The van der Waals surface area contributed by atoms with Crippen LogP contribution in [0.25, 0.3) is 0 Å². The molecule has 64 heavy (non-hydrogen) atoms. The van der Waals surface area contributed by atoms with E-state index < -0.39 is 71.2 Å². The molecule has 1 heterocycles. The summed E-state index contributed by atoms with van der Waals surface area (Å²) >= 11 is 0. The summed E-state index contributed by atoms with van der Waals surface area (Å²) in [7, 11) is -4.60. The van der Waals surface area contributed by atoms with Crippen molar-refractivity contribution in [2.45, 2.75) is 282 Å². The summed E-state index contributed by atoms with van der Waals surface area (Å²) in [6.45, 7) is 3.78. The van der Waals surface area contributed by atoms with Gasteiger partial charge in [0, 0.05) is 12.8 Å². The van der Waals surface area contributed by atoms with E-state index in [1.165, 1.54) is 167 Å². The summed E-state index contributed by atoms with van der Waals surface area (Å²) in [6, 6.07) is 0. The average molecular weight is 933 g/mol. The summed E-state index contributed by atoms with van der Waals surface area (Å²) in [4.78, 5) is 25.5. The van der Waals surface area contributed by atoms with E-state index in [1.807, 2.05) is 0 Å². The topological polar surface area (TPSA) is 186 Å². The first-order valence-electron chi connectivity index (χ1n) is 26.2. The summed E-state index contributed by atoms with van der Waals surface area (Å²) in [5.41, 5.74) is 0. The van der Waals surface area contributed by atoms with Crippen molar-refractivity contribution in [3.63, 3.8) is 0 Å². The second-order valence-electron chi connectivity index (χ2n) is 18.5. The maximum absolute atomic E-state index is 12.9. The molecule has 0 amide bonds. The number of esters is 2. The molecular weight excluding hydrogens is 837 g/mol. The molecule has 0 aromatic carbocycles. The molecule has 1 aliphatic heterocycles. The number of unbranched alkanes of at least 4 members (excludes halogenated alkanes) is 31. The van der Waals surface area contributed by atoms with Crippen LogP contribution in [0.4, 0.5) is 0 Å². The Labute approximate surface area is 390 Å². The first-order chi connectivity index (χ1) is 31.0. The number of hydrogen-bond donors (Lipinski definition) is 4. The average Bonchev–Trinajstić information content (AvgIpc) is 3.26. The summed E-state index contributed by atoms with van der Waals surface area (Å²) in [5, 5.41) is 30.9. The Morgan fingerprint density at radius 3 is 1.34 bits per heavy atom. The van der Waals surface area contributed by atoms with Crippen LogP contribution in [0.1, 0.15) is 245 Å². The van der Waals surface area contributed by atoms with E-state index in [-0.39, 0.29) is 19.4 Å². The number of allylic oxidation sites excluding steroid dienone is 2. The Morgan fingerprint density at radius 2 is 0.906 bits per heavy atom. The van der Waals surface area contributed by atoms with Gasteiger partial charge in [-0.2, -0.15) is 8.42 Å². The highest BCUT2D eigenvalue weighted by atomic mass is 32.2. The van der Waals surface area contributed by atoms with E-state index in [2.05, 4.69) is 26.0 Å². The highest BCUT2D eigenvalue weighted by Gasteiger charge is 2.46. The van der Waals surface area contributed by atoms with Crippen molar-refractivity contribution in [3.8, 4) is 0 Å². The third kappa shape index (κ3) is 35.6. The second kappa shape index (κ2) is 41.6. The van der Waals surface area contributed by atoms with Crippen LogP contribution >= 0.6 is 0 Å². The molecule has 0 aromatic heterocycles. The molecule has 0 aliphatic carbocycles. The molecule has 1 aliphatic rings.